The summed E-state index contributed by atoms with van der Waals surface area (Å²) < 4.78 is 0. The molecule has 3 nitrogen and oxygen atoms in total. The van der Waals surface area contributed by atoms with Crippen LogP contribution in [0.1, 0.15) is 18.5 Å². The fourth-order valence-electron chi connectivity index (χ4n) is 2.58. The van der Waals surface area contributed by atoms with Crippen molar-refractivity contribution in [2.75, 3.05) is 27.2 Å². The molecule has 1 unspecified atom stereocenters. The summed E-state index contributed by atoms with van der Waals surface area (Å²) >= 11 is 0. The van der Waals surface area contributed by atoms with E-state index in [0.29, 0.717) is 0 Å². The Bertz CT molecular complexity index is 312. The van der Waals surface area contributed by atoms with Gasteiger partial charge in [0.25, 0.3) is 0 Å². The summed E-state index contributed by atoms with van der Waals surface area (Å²) in [6.45, 7) is 2.14. The van der Waals surface area contributed by atoms with Gasteiger partial charge in [0.2, 0.25) is 0 Å². The Hall–Kier alpha value is -0.930. The van der Waals surface area contributed by atoms with E-state index in [1.165, 1.54) is 18.5 Å². The quantitative estimate of drug-likeness (QED) is 0.804. The summed E-state index contributed by atoms with van der Waals surface area (Å²) in [5.41, 5.74) is 1.30. The number of likely N-dealkylation sites (N-methyl/N-ethyl adjacent to an activating group) is 2. The Labute approximate surface area is 91.5 Å². The van der Waals surface area contributed by atoms with Crippen molar-refractivity contribution >= 4 is 0 Å². The molecule has 1 saturated heterocycles. The third-order valence-electron chi connectivity index (χ3n) is 3.43. The number of nitrogens with one attached hydrogen (secondary N) is 1. The molecule has 0 aromatic carbocycles. The molecular formula is C12H19N3. The first-order valence-corrected chi connectivity index (χ1v) is 5.57. The molecule has 1 atom stereocenters. The maximum atomic E-state index is 4.52. The van der Waals surface area contributed by atoms with Crippen molar-refractivity contribution in [3.05, 3.63) is 30.1 Å². The first-order chi connectivity index (χ1) is 7.29. The predicted octanol–water partition coefficient (Wildman–Crippen LogP) is 1.22. The lowest BCUT2D eigenvalue weighted by Gasteiger charge is -2.35. The second-order valence-electron chi connectivity index (χ2n) is 4.30. The molecular weight excluding hydrogens is 186 g/mol. The summed E-state index contributed by atoms with van der Waals surface area (Å²) in [7, 11) is 4.20. The molecule has 1 N–H and O–H groups in total. The van der Waals surface area contributed by atoms with E-state index < -0.39 is 0 Å². The molecule has 3 heteroatoms. The van der Waals surface area contributed by atoms with Crippen molar-refractivity contribution in [1.82, 2.24) is 15.2 Å². The van der Waals surface area contributed by atoms with E-state index in [1.54, 1.807) is 0 Å². The van der Waals surface area contributed by atoms with Gasteiger partial charge in [-0.2, -0.15) is 0 Å². The number of hydrogen-bond donors (Lipinski definition) is 1. The highest BCUT2D eigenvalue weighted by atomic mass is 15.2. The largest absolute Gasteiger partial charge is 0.318 e. The molecule has 1 fully saturated rings. The molecule has 1 aliphatic heterocycles. The minimum Gasteiger partial charge on any atom is -0.318 e. The monoisotopic (exact) mass is 205 g/mol. The van der Waals surface area contributed by atoms with E-state index in [2.05, 4.69) is 34.4 Å². The first-order valence-electron chi connectivity index (χ1n) is 5.57. The average Bonchev–Trinajstić information content (AvgIpc) is 2.63. The molecule has 15 heavy (non-hydrogen) atoms. The fourth-order valence-corrected chi connectivity index (χ4v) is 2.58. The van der Waals surface area contributed by atoms with Crippen molar-refractivity contribution in [2.45, 2.75) is 18.4 Å². The van der Waals surface area contributed by atoms with E-state index in [0.717, 1.165) is 13.1 Å². The highest BCUT2D eigenvalue weighted by Gasteiger charge is 2.40. The van der Waals surface area contributed by atoms with Gasteiger partial charge in [0.1, 0.15) is 0 Å². The summed E-state index contributed by atoms with van der Waals surface area (Å²) in [5.74, 6) is 0. The van der Waals surface area contributed by atoms with E-state index in [1.807, 2.05) is 19.3 Å². The van der Waals surface area contributed by atoms with Crippen molar-refractivity contribution in [3.8, 4) is 0 Å². The lowest BCUT2D eigenvalue weighted by Crippen LogP contribution is -2.46. The molecule has 0 bridgehead atoms. The SMILES string of the molecule is CNCC1(c2ccccn2)CCCN1C. The first kappa shape index (κ1) is 10.6. The van der Waals surface area contributed by atoms with Gasteiger partial charge in [-0.1, -0.05) is 6.07 Å². The van der Waals surface area contributed by atoms with Crippen molar-refractivity contribution < 1.29 is 0 Å². The van der Waals surface area contributed by atoms with Crippen molar-refractivity contribution in [2.24, 2.45) is 0 Å². The molecule has 0 spiro atoms. The number of nitrogens with zero attached hydrogens (tertiary/aromatic N) is 2. The van der Waals surface area contributed by atoms with Gasteiger partial charge in [-0.05, 0) is 45.6 Å². The van der Waals surface area contributed by atoms with Gasteiger partial charge in [0.15, 0.2) is 0 Å². The summed E-state index contributed by atoms with van der Waals surface area (Å²) in [6, 6.07) is 6.19. The third-order valence-corrected chi connectivity index (χ3v) is 3.43. The lowest BCUT2D eigenvalue weighted by molar-refractivity contribution is 0.167. The highest BCUT2D eigenvalue weighted by Crippen LogP contribution is 2.35. The van der Waals surface area contributed by atoms with E-state index in [9.17, 15) is 0 Å². The number of hydrogen-bond acceptors (Lipinski definition) is 3. The van der Waals surface area contributed by atoms with Gasteiger partial charge in [-0.25, -0.2) is 0 Å². The van der Waals surface area contributed by atoms with Crippen LogP contribution in [0.5, 0.6) is 0 Å². The second-order valence-corrected chi connectivity index (χ2v) is 4.30. The Kier molecular flexibility index (Phi) is 3.03. The van der Waals surface area contributed by atoms with Crippen LogP contribution in [0.2, 0.25) is 0 Å². The van der Waals surface area contributed by atoms with Crippen molar-refractivity contribution in [1.29, 1.82) is 0 Å². The lowest BCUT2D eigenvalue weighted by atomic mass is 9.91. The molecule has 0 saturated carbocycles. The maximum absolute atomic E-state index is 4.52. The van der Waals surface area contributed by atoms with Crippen LogP contribution >= 0.6 is 0 Å². The number of rotatable bonds is 3. The normalized spacial score (nSPS) is 27.1. The smallest absolute Gasteiger partial charge is 0.0757 e. The number of pyridine rings is 1. The zero-order valence-electron chi connectivity index (χ0n) is 9.53. The Morgan fingerprint density at radius 2 is 2.40 bits per heavy atom. The highest BCUT2D eigenvalue weighted by molar-refractivity contribution is 5.18. The summed E-state index contributed by atoms with van der Waals surface area (Å²) in [4.78, 5) is 6.94. The van der Waals surface area contributed by atoms with Crippen LogP contribution in [-0.4, -0.2) is 37.1 Å². The fraction of sp³-hybridized carbons (Fsp3) is 0.583. The molecule has 1 aromatic rings. The van der Waals surface area contributed by atoms with Gasteiger partial charge in [0, 0.05) is 12.7 Å². The standard InChI is InChI=1S/C12H19N3/c1-13-10-12(7-5-9-15(12)2)11-6-3-4-8-14-11/h3-4,6,8,13H,5,7,9-10H2,1-2H3. The molecule has 2 heterocycles. The molecule has 0 aliphatic carbocycles. The summed E-state index contributed by atoms with van der Waals surface area (Å²) in [5, 5.41) is 3.30. The van der Waals surface area contributed by atoms with Gasteiger partial charge < -0.3 is 5.32 Å². The van der Waals surface area contributed by atoms with Crippen LogP contribution in [-0.2, 0) is 5.54 Å². The molecule has 1 aromatic heterocycles. The Morgan fingerprint density at radius 1 is 1.53 bits per heavy atom. The summed E-state index contributed by atoms with van der Waals surface area (Å²) in [6.07, 6.45) is 4.34. The minimum absolute atomic E-state index is 0.107. The molecule has 0 amide bonds. The van der Waals surface area contributed by atoms with Gasteiger partial charge in [-0.15, -0.1) is 0 Å². The Morgan fingerprint density at radius 3 is 2.93 bits per heavy atom. The molecule has 82 valence electrons. The van der Waals surface area contributed by atoms with Crippen LogP contribution in [0.4, 0.5) is 0 Å². The Balaban J connectivity index is 2.34. The van der Waals surface area contributed by atoms with Crippen LogP contribution in [0.15, 0.2) is 24.4 Å². The van der Waals surface area contributed by atoms with Gasteiger partial charge >= 0.3 is 0 Å². The van der Waals surface area contributed by atoms with Crippen LogP contribution in [0.25, 0.3) is 0 Å². The van der Waals surface area contributed by atoms with E-state index in [4.69, 9.17) is 0 Å². The maximum Gasteiger partial charge on any atom is 0.0757 e. The second kappa shape index (κ2) is 4.29. The number of aromatic nitrogens is 1. The van der Waals surface area contributed by atoms with Crippen molar-refractivity contribution in [3.63, 3.8) is 0 Å². The topological polar surface area (TPSA) is 28.2 Å². The van der Waals surface area contributed by atoms with Crippen LogP contribution in [0, 0.1) is 0 Å². The zero-order valence-corrected chi connectivity index (χ0v) is 9.53. The van der Waals surface area contributed by atoms with Crippen LogP contribution < -0.4 is 5.32 Å². The zero-order chi connectivity index (χ0) is 10.7. The minimum atomic E-state index is 0.107. The third kappa shape index (κ3) is 1.77. The van der Waals surface area contributed by atoms with E-state index in [-0.39, 0.29) is 5.54 Å². The molecule has 2 rings (SSSR count). The van der Waals surface area contributed by atoms with Crippen LogP contribution in [0.3, 0.4) is 0 Å². The molecule has 1 aliphatic rings. The molecule has 0 radical (unpaired) electrons. The van der Waals surface area contributed by atoms with Gasteiger partial charge in [0.05, 0.1) is 11.2 Å². The number of likely N-dealkylation sites (tertiary alicyclic amines) is 1. The average molecular weight is 205 g/mol. The van der Waals surface area contributed by atoms with E-state index >= 15 is 0 Å². The predicted molar refractivity (Wildman–Crippen MR) is 61.7 cm³/mol. The van der Waals surface area contributed by atoms with Gasteiger partial charge in [-0.3, -0.25) is 9.88 Å².